The molecule has 0 amide bonds. The highest BCUT2D eigenvalue weighted by Gasteiger charge is 2.22. The van der Waals surface area contributed by atoms with Crippen LogP contribution < -0.4 is 15.2 Å². The number of esters is 1. The summed E-state index contributed by atoms with van der Waals surface area (Å²) in [7, 11) is 0. The summed E-state index contributed by atoms with van der Waals surface area (Å²) in [6.45, 7) is 3.58. The van der Waals surface area contributed by atoms with Crippen molar-refractivity contribution in [3.8, 4) is 5.75 Å². The molecule has 1 heterocycles. The van der Waals surface area contributed by atoms with Gasteiger partial charge < -0.3 is 9.47 Å². The molecule has 3 nitrogen and oxygen atoms in total. The molecule has 96 valence electrons. The average Bonchev–Trinajstić information content (AvgIpc) is 3.00. The van der Waals surface area contributed by atoms with Crippen LogP contribution >= 0.6 is 0 Å². The van der Waals surface area contributed by atoms with Crippen LogP contribution in [-0.2, 0) is 9.53 Å². The molecule has 1 aliphatic carbocycles. The van der Waals surface area contributed by atoms with Gasteiger partial charge in [-0.25, -0.2) is 0 Å². The molecule has 2 aliphatic rings. The number of fused-ring (bicyclic) bond motifs is 3. The maximum absolute atomic E-state index is 11.6. The lowest BCUT2D eigenvalue weighted by atomic mass is 10.1. The van der Waals surface area contributed by atoms with Gasteiger partial charge in [0.1, 0.15) is 5.75 Å². The van der Waals surface area contributed by atoms with E-state index in [1.807, 2.05) is 36.4 Å². The van der Waals surface area contributed by atoms with Crippen molar-refractivity contribution < 1.29 is 14.3 Å². The molecule has 0 radical (unpaired) electrons. The molecule has 19 heavy (non-hydrogen) atoms. The van der Waals surface area contributed by atoms with Crippen molar-refractivity contribution >= 4 is 24.2 Å². The van der Waals surface area contributed by atoms with Crippen molar-refractivity contribution in [1.82, 2.24) is 0 Å². The molecule has 1 atom stereocenters. The van der Waals surface area contributed by atoms with E-state index in [1.54, 1.807) is 6.08 Å². The van der Waals surface area contributed by atoms with E-state index in [2.05, 4.69) is 6.58 Å². The molecular formula is C16H14O3. The van der Waals surface area contributed by atoms with E-state index in [1.165, 1.54) is 0 Å². The van der Waals surface area contributed by atoms with Gasteiger partial charge in [-0.2, -0.15) is 0 Å². The molecular weight excluding hydrogens is 240 g/mol. The second-order valence-electron chi connectivity index (χ2n) is 4.48. The van der Waals surface area contributed by atoms with Gasteiger partial charge in [0.05, 0.1) is 0 Å². The van der Waals surface area contributed by atoms with Gasteiger partial charge in [-0.3, -0.25) is 4.79 Å². The first kappa shape index (κ1) is 11.8. The highest BCUT2D eigenvalue weighted by molar-refractivity contribution is 5.73. The Morgan fingerprint density at radius 1 is 1.42 bits per heavy atom. The van der Waals surface area contributed by atoms with Crippen LogP contribution in [-0.4, -0.2) is 12.3 Å². The molecule has 3 heteroatoms. The topological polar surface area (TPSA) is 35.5 Å². The predicted molar refractivity (Wildman–Crippen MR) is 73.6 cm³/mol. The Bertz CT molecular complexity index is 683. The normalized spacial score (nSPS) is 17.8. The number of benzene rings is 1. The number of carbonyl (C=O) groups is 1. The minimum atomic E-state index is -0.618. The quantitative estimate of drug-likeness (QED) is 0.603. The van der Waals surface area contributed by atoms with Crippen LogP contribution in [0.3, 0.4) is 0 Å². The Labute approximate surface area is 111 Å². The number of rotatable bonds is 4. The third-order valence-corrected chi connectivity index (χ3v) is 3.15. The summed E-state index contributed by atoms with van der Waals surface area (Å²) in [5.41, 5.74) is 1.05. The van der Waals surface area contributed by atoms with E-state index in [9.17, 15) is 4.79 Å². The standard InChI is InChI=1S/C16H14O3/c1-2-3-7-14(17)18-15-10-12-9-8-11-5-4-6-13(11)16(12)19-15/h2,4-6,8-10,15H,1,3,7H2. The molecule has 0 N–H and O–H groups in total. The van der Waals surface area contributed by atoms with Gasteiger partial charge in [0.15, 0.2) is 0 Å². The fourth-order valence-corrected chi connectivity index (χ4v) is 2.22. The molecule has 0 saturated carbocycles. The van der Waals surface area contributed by atoms with E-state index >= 15 is 0 Å². The van der Waals surface area contributed by atoms with Gasteiger partial charge in [0.2, 0.25) is 0 Å². The number of hydrogen-bond donors (Lipinski definition) is 0. The Kier molecular flexibility index (Phi) is 2.95. The van der Waals surface area contributed by atoms with Gasteiger partial charge in [-0.15, -0.1) is 6.58 Å². The van der Waals surface area contributed by atoms with Gasteiger partial charge in [0, 0.05) is 23.3 Å². The van der Waals surface area contributed by atoms with Gasteiger partial charge in [0.25, 0.3) is 6.29 Å². The SMILES string of the molecule is C=CCCC(=O)OC1C=c2ccc3c(c2O1)C=CC=3. The Balaban J connectivity index is 1.77. The molecule has 0 spiro atoms. The van der Waals surface area contributed by atoms with E-state index in [0.29, 0.717) is 12.8 Å². The van der Waals surface area contributed by atoms with E-state index in [4.69, 9.17) is 9.47 Å². The van der Waals surface area contributed by atoms with E-state index in [0.717, 1.165) is 21.8 Å². The van der Waals surface area contributed by atoms with Crippen LogP contribution in [0.15, 0.2) is 30.9 Å². The van der Waals surface area contributed by atoms with Crippen molar-refractivity contribution in [3.05, 3.63) is 46.9 Å². The lowest BCUT2D eigenvalue weighted by Crippen LogP contribution is -2.19. The van der Waals surface area contributed by atoms with Crippen LogP contribution in [0.1, 0.15) is 18.4 Å². The zero-order chi connectivity index (χ0) is 13.2. The summed E-state index contributed by atoms with van der Waals surface area (Å²) in [6, 6.07) is 4.02. The van der Waals surface area contributed by atoms with Crippen LogP contribution in [0, 0.1) is 0 Å². The lowest BCUT2D eigenvalue weighted by molar-refractivity contribution is -0.155. The second-order valence-corrected chi connectivity index (χ2v) is 4.48. The number of carbonyl (C=O) groups excluding carboxylic acids is 1. The first-order valence-electron chi connectivity index (χ1n) is 6.28. The van der Waals surface area contributed by atoms with E-state index in [-0.39, 0.29) is 5.97 Å². The summed E-state index contributed by atoms with van der Waals surface area (Å²) in [5.74, 6) is 0.525. The van der Waals surface area contributed by atoms with Crippen LogP contribution in [0.5, 0.6) is 5.75 Å². The minimum absolute atomic E-state index is 0.271. The highest BCUT2D eigenvalue weighted by atomic mass is 16.7. The largest absolute Gasteiger partial charge is 0.450 e. The zero-order valence-electron chi connectivity index (χ0n) is 10.5. The molecule has 1 aromatic carbocycles. The van der Waals surface area contributed by atoms with Gasteiger partial charge >= 0.3 is 5.97 Å². The van der Waals surface area contributed by atoms with Crippen LogP contribution in [0.4, 0.5) is 0 Å². The third kappa shape index (κ3) is 2.19. The molecule has 0 saturated heterocycles. The Morgan fingerprint density at radius 2 is 2.26 bits per heavy atom. The summed E-state index contributed by atoms with van der Waals surface area (Å²) >= 11 is 0. The summed E-state index contributed by atoms with van der Waals surface area (Å²) in [6.07, 6.45) is 9.87. The summed E-state index contributed by atoms with van der Waals surface area (Å²) in [5, 5.41) is 2.10. The van der Waals surface area contributed by atoms with E-state index < -0.39 is 6.29 Å². The summed E-state index contributed by atoms with van der Waals surface area (Å²) in [4.78, 5) is 11.6. The van der Waals surface area contributed by atoms with Crippen molar-refractivity contribution in [2.75, 3.05) is 0 Å². The zero-order valence-corrected chi connectivity index (χ0v) is 10.5. The molecule has 1 unspecified atom stereocenters. The third-order valence-electron chi connectivity index (χ3n) is 3.15. The van der Waals surface area contributed by atoms with Crippen LogP contribution in [0.2, 0.25) is 0 Å². The van der Waals surface area contributed by atoms with Crippen molar-refractivity contribution in [2.24, 2.45) is 0 Å². The highest BCUT2D eigenvalue weighted by Crippen LogP contribution is 2.21. The predicted octanol–water partition coefficient (Wildman–Crippen LogP) is 1.50. The average molecular weight is 254 g/mol. The van der Waals surface area contributed by atoms with Gasteiger partial charge in [-0.1, -0.05) is 36.4 Å². The number of ether oxygens (including phenoxy) is 2. The molecule has 3 rings (SSSR count). The molecule has 0 aromatic heterocycles. The molecule has 0 bridgehead atoms. The monoisotopic (exact) mass is 254 g/mol. The number of allylic oxidation sites excluding steroid dienone is 2. The maximum Gasteiger partial charge on any atom is 0.309 e. The fourth-order valence-electron chi connectivity index (χ4n) is 2.22. The molecule has 1 aliphatic heterocycles. The molecule has 1 aromatic rings. The number of hydrogen-bond acceptors (Lipinski definition) is 3. The van der Waals surface area contributed by atoms with Gasteiger partial charge in [-0.05, 0) is 11.6 Å². The second kappa shape index (κ2) is 4.76. The van der Waals surface area contributed by atoms with Crippen molar-refractivity contribution in [1.29, 1.82) is 0 Å². The van der Waals surface area contributed by atoms with Crippen LogP contribution in [0.25, 0.3) is 18.2 Å². The summed E-state index contributed by atoms with van der Waals surface area (Å²) < 4.78 is 11.0. The maximum atomic E-state index is 11.6. The lowest BCUT2D eigenvalue weighted by Gasteiger charge is -2.12. The Morgan fingerprint density at radius 3 is 3.11 bits per heavy atom. The van der Waals surface area contributed by atoms with Crippen molar-refractivity contribution in [2.45, 2.75) is 19.1 Å². The Hall–Kier alpha value is -2.29. The molecule has 0 fully saturated rings. The first-order chi connectivity index (χ1) is 9.28. The first-order valence-corrected chi connectivity index (χ1v) is 6.28. The smallest absolute Gasteiger partial charge is 0.309 e. The minimum Gasteiger partial charge on any atom is -0.450 e. The van der Waals surface area contributed by atoms with Crippen molar-refractivity contribution in [3.63, 3.8) is 0 Å². The fraction of sp³-hybridized carbons (Fsp3) is 0.188.